The van der Waals surface area contributed by atoms with Crippen molar-refractivity contribution in [3.63, 3.8) is 0 Å². The average molecular weight is 437 g/mol. The van der Waals surface area contributed by atoms with Crippen molar-refractivity contribution in [2.24, 2.45) is 10.9 Å². The van der Waals surface area contributed by atoms with Crippen LogP contribution in [-0.2, 0) is 14.6 Å². The lowest BCUT2D eigenvalue weighted by Crippen LogP contribution is -2.38. The molecule has 7 nitrogen and oxygen atoms in total. The van der Waals surface area contributed by atoms with Crippen LogP contribution >= 0.6 is 11.8 Å². The van der Waals surface area contributed by atoms with Crippen LogP contribution in [0.5, 0.6) is 11.5 Å². The maximum absolute atomic E-state index is 12.8. The van der Waals surface area contributed by atoms with Crippen molar-refractivity contribution >= 4 is 38.4 Å². The number of carbonyl (C=O) groups excluding carboxylic acids is 1. The highest BCUT2D eigenvalue weighted by Gasteiger charge is 2.49. The molecular weight excluding hydrogens is 412 g/mol. The third-order valence-corrected chi connectivity index (χ3v) is 9.24. The molecule has 4 aliphatic rings. The summed E-state index contributed by atoms with van der Waals surface area (Å²) in [6.07, 6.45) is 5.12. The number of thioether (sulfide) groups is 1. The monoisotopic (exact) mass is 436 g/mol. The minimum Gasteiger partial charge on any atom is -0.486 e. The first kappa shape index (κ1) is 19.2. The first-order chi connectivity index (χ1) is 14.0. The van der Waals surface area contributed by atoms with E-state index in [0.717, 1.165) is 31.4 Å². The lowest BCUT2D eigenvalue weighted by atomic mass is 9.89. The molecule has 3 fully saturated rings. The topological polar surface area (TPSA) is 85.3 Å². The first-order valence-electron chi connectivity index (χ1n) is 10.2. The van der Waals surface area contributed by atoms with Gasteiger partial charge >= 0.3 is 0 Å². The molecule has 1 aliphatic carbocycles. The number of carbonyl (C=O) groups is 1. The van der Waals surface area contributed by atoms with E-state index in [1.807, 2.05) is 23.1 Å². The number of hydrogen-bond acceptors (Lipinski definition) is 6. The highest BCUT2D eigenvalue weighted by molar-refractivity contribution is 8.16. The number of benzene rings is 1. The molecule has 9 heteroatoms. The van der Waals surface area contributed by atoms with Crippen molar-refractivity contribution in [3.8, 4) is 11.5 Å². The molecular formula is C20H24N2O5S2. The van der Waals surface area contributed by atoms with E-state index in [2.05, 4.69) is 4.99 Å². The normalized spacial score (nSPS) is 29.8. The summed E-state index contributed by atoms with van der Waals surface area (Å²) in [6.45, 7) is 0.990. The Morgan fingerprint density at radius 3 is 2.62 bits per heavy atom. The van der Waals surface area contributed by atoms with Crippen LogP contribution in [0.15, 0.2) is 23.2 Å². The van der Waals surface area contributed by atoms with Gasteiger partial charge in [0.2, 0.25) is 0 Å². The van der Waals surface area contributed by atoms with Gasteiger partial charge in [-0.25, -0.2) is 8.42 Å². The third-order valence-electron chi connectivity index (χ3n) is 6.03. The van der Waals surface area contributed by atoms with Gasteiger partial charge in [0.05, 0.1) is 17.5 Å². The van der Waals surface area contributed by atoms with Crippen LogP contribution in [0.3, 0.4) is 0 Å². The highest BCUT2D eigenvalue weighted by atomic mass is 32.2. The molecule has 1 aromatic rings. The van der Waals surface area contributed by atoms with Crippen LogP contribution in [0.1, 0.15) is 32.1 Å². The average Bonchev–Trinajstić information content (AvgIpc) is 3.19. The van der Waals surface area contributed by atoms with Crippen molar-refractivity contribution in [3.05, 3.63) is 18.2 Å². The van der Waals surface area contributed by atoms with E-state index in [4.69, 9.17) is 9.47 Å². The minimum atomic E-state index is -3.09. The van der Waals surface area contributed by atoms with Gasteiger partial charge in [-0.2, -0.15) is 4.99 Å². The molecule has 0 bridgehead atoms. The van der Waals surface area contributed by atoms with E-state index in [1.165, 1.54) is 18.2 Å². The second-order valence-electron chi connectivity index (χ2n) is 8.07. The predicted octanol–water partition coefficient (Wildman–Crippen LogP) is 2.64. The Hall–Kier alpha value is -1.74. The molecule has 0 unspecified atom stereocenters. The van der Waals surface area contributed by atoms with Gasteiger partial charge in [0.1, 0.15) is 13.2 Å². The predicted molar refractivity (Wildman–Crippen MR) is 113 cm³/mol. The summed E-state index contributed by atoms with van der Waals surface area (Å²) < 4.78 is 35.8. The Balaban J connectivity index is 1.49. The summed E-state index contributed by atoms with van der Waals surface area (Å²) in [4.78, 5) is 19.2. The van der Waals surface area contributed by atoms with Crippen molar-refractivity contribution in [2.75, 3.05) is 29.6 Å². The lowest BCUT2D eigenvalue weighted by molar-refractivity contribution is -0.122. The molecule has 29 heavy (non-hydrogen) atoms. The molecule has 2 atom stereocenters. The summed E-state index contributed by atoms with van der Waals surface area (Å²) >= 11 is 1.42. The number of ether oxygens (including phenoxy) is 2. The molecule has 0 radical (unpaired) electrons. The van der Waals surface area contributed by atoms with E-state index in [-0.39, 0.29) is 34.6 Å². The number of sulfone groups is 1. The van der Waals surface area contributed by atoms with Crippen molar-refractivity contribution in [2.45, 2.75) is 43.4 Å². The Kier molecular flexibility index (Phi) is 4.98. The Labute approximate surface area is 174 Å². The van der Waals surface area contributed by atoms with E-state index in [9.17, 15) is 13.2 Å². The fourth-order valence-electron chi connectivity index (χ4n) is 4.58. The van der Waals surface area contributed by atoms with Crippen LogP contribution in [-0.4, -0.2) is 55.5 Å². The van der Waals surface area contributed by atoms with Crippen LogP contribution in [0.4, 0.5) is 5.69 Å². The molecule has 2 saturated heterocycles. The number of amidine groups is 1. The number of fused-ring (bicyclic) bond motifs is 2. The van der Waals surface area contributed by atoms with Gasteiger partial charge in [0.15, 0.2) is 26.5 Å². The number of hydrogen-bond donors (Lipinski definition) is 0. The number of nitrogens with zero attached hydrogens (tertiary/aromatic N) is 2. The molecule has 1 aromatic carbocycles. The van der Waals surface area contributed by atoms with Crippen LogP contribution in [0, 0.1) is 5.92 Å². The van der Waals surface area contributed by atoms with E-state index in [1.54, 1.807) is 0 Å². The molecule has 1 amide bonds. The van der Waals surface area contributed by atoms with Crippen molar-refractivity contribution < 1.29 is 22.7 Å². The maximum atomic E-state index is 12.8. The van der Waals surface area contributed by atoms with Gasteiger partial charge in [-0.1, -0.05) is 31.0 Å². The summed E-state index contributed by atoms with van der Waals surface area (Å²) in [6, 6.07) is 5.38. The minimum absolute atomic E-state index is 0.0110. The van der Waals surface area contributed by atoms with Crippen LogP contribution in [0.2, 0.25) is 0 Å². The zero-order chi connectivity index (χ0) is 20.0. The zero-order valence-electron chi connectivity index (χ0n) is 16.1. The second-order valence-corrected chi connectivity index (χ2v) is 11.4. The maximum Gasteiger partial charge on any atom is 0.251 e. The Morgan fingerprint density at radius 2 is 1.83 bits per heavy atom. The standard InChI is InChI=1S/C20H24N2O5S2/c23-19(13-4-2-1-3-5-13)21-20-22(15-11-29(24,25)12-18(15)28-20)14-6-7-16-17(10-14)27-9-8-26-16/h6-7,10,13,15,18H,1-5,8-9,11-12H2/t15-,18+/m0/s1. The number of aliphatic imine (C=N–C) groups is 1. The Bertz CT molecular complexity index is 956. The van der Waals surface area contributed by atoms with Crippen molar-refractivity contribution in [1.29, 1.82) is 0 Å². The molecule has 3 heterocycles. The smallest absolute Gasteiger partial charge is 0.251 e. The van der Waals surface area contributed by atoms with E-state index in [0.29, 0.717) is 29.9 Å². The van der Waals surface area contributed by atoms with Gasteiger partial charge in [0.25, 0.3) is 5.91 Å². The molecule has 0 aromatic heterocycles. The molecule has 1 saturated carbocycles. The Morgan fingerprint density at radius 1 is 1.07 bits per heavy atom. The number of rotatable bonds is 2. The van der Waals surface area contributed by atoms with E-state index >= 15 is 0 Å². The zero-order valence-corrected chi connectivity index (χ0v) is 17.7. The quantitative estimate of drug-likeness (QED) is 0.704. The van der Waals surface area contributed by atoms with E-state index < -0.39 is 9.84 Å². The number of anilines is 1. The van der Waals surface area contributed by atoms with Gasteiger partial charge in [-0.05, 0) is 25.0 Å². The third kappa shape index (κ3) is 3.74. The van der Waals surface area contributed by atoms with Crippen molar-refractivity contribution in [1.82, 2.24) is 0 Å². The lowest BCUT2D eigenvalue weighted by Gasteiger charge is -2.27. The highest BCUT2D eigenvalue weighted by Crippen LogP contribution is 2.43. The largest absolute Gasteiger partial charge is 0.486 e. The molecule has 3 aliphatic heterocycles. The first-order valence-corrected chi connectivity index (χ1v) is 12.9. The summed E-state index contributed by atoms with van der Waals surface area (Å²) in [7, 11) is -3.09. The summed E-state index contributed by atoms with van der Waals surface area (Å²) in [5.41, 5.74) is 0.793. The molecule has 0 spiro atoms. The number of amides is 1. The molecule has 5 rings (SSSR count). The van der Waals surface area contributed by atoms with Gasteiger partial charge in [0, 0.05) is 22.9 Å². The fourth-order valence-corrected chi connectivity index (χ4v) is 8.50. The summed E-state index contributed by atoms with van der Waals surface area (Å²) in [5.74, 6) is 1.44. The van der Waals surface area contributed by atoms with Gasteiger partial charge < -0.3 is 14.4 Å². The summed E-state index contributed by atoms with van der Waals surface area (Å²) in [5, 5.41) is 0.508. The van der Waals surface area contributed by atoms with Crippen LogP contribution in [0.25, 0.3) is 0 Å². The van der Waals surface area contributed by atoms with Gasteiger partial charge in [-0.15, -0.1) is 0 Å². The fraction of sp³-hybridized carbons (Fsp3) is 0.600. The second kappa shape index (κ2) is 7.50. The molecule has 156 valence electrons. The van der Waals surface area contributed by atoms with Gasteiger partial charge in [-0.3, -0.25) is 4.79 Å². The van der Waals surface area contributed by atoms with Crippen LogP contribution < -0.4 is 14.4 Å². The molecule has 0 N–H and O–H groups in total. The SMILES string of the molecule is O=C(N=C1S[C@@H]2CS(=O)(=O)C[C@@H]2N1c1ccc2c(c1)OCCO2)C1CCCCC1.